The molecule has 7 heteroatoms. The Balaban J connectivity index is 1.52. The summed E-state index contributed by atoms with van der Waals surface area (Å²) in [6.45, 7) is 0.605. The van der Waals surface area contributed by atoms with Gasteiger partial charge in [0.15, 0.2) is 0 Å². The largest absolute Gasteiger partial charge is 0.341 e. The lowest BCUT2D eigenvalue weighted by Gasteiger charge is -2.24. The van der Waals surface area contributed by atoms with E-state index in [1.807, 2.05) is 24.3 Å². The number of anilines is 2. The molecule has 5 rings (SSSR count). The van der Waals surface area contributed by atoms with Crippen LogP contribution in [0.15, 0.2) is 60.7 Å². The summed E-state index contributed by atoms with van der Waals surface area (Å²) in [6.07, 6.45) is 2.84. The standard InChI is InChI=1S/C25H21ClFN3O2/c26-19-12-11-16(27)14-18(19)23-22-17(24(31)29-23)8-5-9-20(22)28-25(32)30-13-4-3-7-15-6-1-2-10-21(15)30/h1-2,5-6,8-12,14,23H,3-4,7,13H2,(H,28,32)(H,29,31). The van der Waals surface area contributed by atoms with Gasteiger partial charge in [-0.1, -0.05) is 35.9 Å². The van der Waals surface area contributed by atoms with Gasteiger partial charge in [0.25, 0.3) is 5.91 Å². The second-order valence-electron chi connectivity index (χ2n) is 8.01. The normalized spacial score (nSPS) is 17.2. The van der Waals surface area contributed by atoms with Crippen molar-refractivity contribution >= 4 is 34.9 Å². The first-order valence-corrected chi connectivity index (χ1v) is 11.0. The molecule has 0 aliphatic carbocycles. The molecular formula is C25H21ClFN3O2. The number of nitrogens with zero attached hydrogens (tertiary/aromatic N) is 1. The van der Waals surface area contributed by atoms with E-state index in [0.717, 1.165) is 30.5 Å². The van der Waals surface area contributed by atoms with Crippen molar-refractivity contribution in [3.05, 3.63) is 93.8 Å². The highest BCUT2D eigenvalue weighted by atomic mass is 35.5. The molecule has 2 aliphatic rings. The Morgan fingerprint density at radius 2 is 1.94 bits per heavy atom. The van der Waals surface area contributed by atoms with Crippen LogP contribution >= 0.6 is 11.6 Å². The first-order chi connectivity index (χ1) is 15.5. The van der Waals surface area contributed by atoms with Gasteiger partial charge in [0, 0.05) is 39.6 Å². The highest BCUT2D eigenvalue weighted by Crippen LogP contribution is 2.39. The molecule has 3 aromatic rings. The summed E-state index contributed by atoms with van der Waals surface area (Å²) in [4.78, 5) is 27.7. The maximum atomic E-state index is 14.0. The number of hydrogen-bond donors (Lipinski definition) is 2. The van der Waals surface area contributed by atoms with Crippen molar-refractivity contribution in [2.24, 2.45) is 0 Å². The summed E-state index contributed by atoms with van der Waals surface area (Å²) < 4.78 is 14.0. The van der Waals surface area contributed by atoms with Gasteiger partial charge in [-0.25, -0.2) is 9.18 Å². The lowest BCUT2D eigenvalue weighted by Crippen LogP contribution is -2.36. The maximum absolute atomic E-state index is 14.0. The van der Waals surface area contributed by atoms with Gasteiger partial charge >= 0.3 is 6.03 Å². The topological polar surface area (TPSA) is 61.4 Å². The van der Waals surface area contributed by atoms with Crippen LogP contribution in [0.2, 0.25) is 5.02 Å². The molecule has 0 saturated heterocycles. The molecule has 0 fully saturated rings. The third-order valence-corrected chi connectivity index (χ3v) is 6.38. The van der Waals surface area contributed by atoms with Gasteiger partial charge in [-0.05, 0) is 61.2 Å². The third kappa shape index (κ3) is 3.60. The van der Waals surface area contributed by atoms with Crippen LogP contribution in [0.4, 0.5) is 20.6 Å². The second-order valence-corrected chi connectivity index (χ2v) is 8.41. The fourth-order valence-corrected chi connectivity index (χ4v) is 4.74. The Morgan fingerprint density at radius 1 is 1.09 bits per heavy atom. The highest BCUT2D eigenvalue weighted by Gasteiger charge is 2.34. The molecule has 0 saturated carbocycles. The zero-order valence-corrected chi connectivity index (χ0v) is 18.0. The predicted octanol–water partition coefficient (Wildman–Crippen LogP) is 5.69. The molecule has 32 heavy (non-hydrogen) atoms. The fourth-order valence-electron chi connectivity index (χ4n) is 4.52. The van der Waals surface area contributed by atoms with Gasteiger partial charge in [0.05, 0.1) is 6.04 Å². The van der Waals surface area contributed by atoms with Crippen LogP contribution in [0, 0.1) is 5.82 Å². The van der Waals surface area contributed by atoms with E-state index in [1.54, 1.807) is 23.1 Å². The van der Waals surface area contributed by atoms with Gasteiger partial charge in [-0.3, -0.25) is 9.69 Å². The number of carbonyl (C=O) groups excluding carboxylic acids is 2. The Kier molecular flexibility index (Phi) is 5.31. The molecule has 1 unspecified atom stereocenters. The lowest BCUT2D eigenvalue weighted by molar-refractivity contribution is 0.0960. The number of rotatable bonds is 2. The minimum Gasteiger partial charge on any atom is -0.341 e. The van der Waals surface area contributed by atoms with Crippen molar-refractivity contribution in [2.45, 2.75) is 25.3 Å². The monoisotopic (exact) mass is 449 g/mol. The number of halogens is 2. The zero-order valence-electron chi connectivity index (χ0n) is 17.2. The molecule has 5 nitrogen and oxygen atoms in total. The summed E-state index contributed by atoms with van der Waals surface area (Å²) in [5.74, 6) is -0.740. The molecule has 0 aromatic heterocycles. The van der Waals surface area contributed by atoms with E-state index < -0.39 is 11.9 Å². The average Bonchev–Trinajstić information content (AvgIpc) is 2.99. The van der Waals surface area contributed by atoms with E-state index in [9.17, 15) is 14.0 Å². The van der Waals surface area contributed by atoms with Crippen molar-refractivity contribution < 1.29 is 14.0 Å². The molecule has 3 aromatic carbocycles. The van der Waals surface area contributed by atoms with Crippen molar-refractivity contribution in [3.8, 4) is 0 Å². The van der Waals surface area contributed by atoms with Crippen LogP contribution < -0.4 is 15.5 Å². The third-order valence-electron chi connectivity index (χ3n) is 6.03. The molecular weight excluding hydrogens is 429 g/mol. The predicted molar refractivity (Wildman–Crippen MR) is 123 cm³/mol. The summed E-state index contributed by atoms with van der Waals surface area (Å²) in [5.41, 5.74) is 4.00. The molecule has 0 bridgehead atoms. The molecule has 162 valence electrons. The van der Waals surface area contributed by atoms with Gasteiger partial charge in [0.2, 0.25) is 0 Å². The quantitative estimate of drug-likeness (QED) is 0.528. The van der Waals surface area contributed by atoms with E-state index >= 15 is 0 Å². The minimum absolute atomic E-state index is 0.267. The number of amides is 3. The van der Waals surface area contributed by atoms with Gasteiger partial charge in [-0.2, -0.15) is 0 Å². The van der Waals surface area contributed by atoms with Gasteiger partial charge in [-0.15, -0.1) is 0 Å². The highest BCUT2D eigenvalue weighted by molar-refractivity contribution is 6.31. The summed E-state index contributed by atoms with van der Waals surface area (Å²) in [6, 6.07) is 16.2. The van der Waals surface area contributed by atoms with Gasteiger partial charge in [0.1, 0.15) is 5.82 Å². The minimum atomic E-state index is -0.659. The number of hydrogen-bond acceptors (Lipinski definition) is 2. The first-order valence-electron chi connectivity index (χ1n) is 10.6. The first kappa shape index (κ1) is 20.5. The molecule has 2 aliphatic heterocycles. The smallest absolute Gasteiger partial charge is 0.326 e. The fraction of sp³-hybridized carbons (Fsp3) is 0.200. The van der Waals surface area contributed by atoms with Crippen molar-refractivity contribution in [3.63, 3.8) is 0 Å². The van der Waals surface area contributed by atoms with E-state index in [-0.39, 0.29) is 11.9 Å². The van der Waals surface area contributed by atoms with Crippen LogP contribution in [0.1, 0.15) is 45.9 Å². The van der Waals surface area contributed by atoms with Crippen LogP contribution in [0.5, 0.6) is 0 Å². The Labute approximate surface area is 190 Å². The lowest BCUT2D eigenvalue weighted by atomic mass is 9.96. The molecule has 0 spiro atoms. The van der Waals surface area contributed by atoms with E-state index in [2.05, 4.69) is 10.6 Å². The molecule has 0 radical (unpaired) electrons. The summed E-state index contributed by atoms with van der Waals surface area (Å²) in [5, 5.41) is 6.20. The van der Waals surface area contributed by atoms with Gasteiger partial charge < -0.3 is 10.6 Å². The van der Waals surface area contributed by atoms with Crippen molar-refractivity contribution in [1.29, 1.82) is 0 Å². The van der Waals surface area contributed by atoms with E-state index in [0.29, 0.717) is 33.9 Å². The number of aryl methyl sites for hydroxylation is 1. The molecule has 3 amide bonds. The van der Waals surface area contributed by atoms with Crippen molar-refractivity contribution in [2.75, 3.05) is 16.8 Å². The van der Waals surface area contributed by atoms with Crippen LogP contribution in [0.3, 0.4) is 0 Å². The molecule has 2 heterocycles. The van der Waals surface area contributed by atoms with Crippen LogP contribution in [-0.2, 0) is 6.42 Å². The SMILES string of the molecule is O=C1NC(c2cc(F)ccc2Cl)c2c(NC(=O)N3CCCCc4ccccc43)cccc21. The van der Waals surface area contributed by atoms with Crippen LogP contribution in [-0.4, -0.2) is 18.5 Å². The second kappa shape index (κ2) is 8.28. The number of fused-ring (bicyclic) bond motifs is 2. The number of nitrogens with one attached hydrogen (secondary N) is 2. The Hall–Kier alpha value is -3.38. The summed E-state index contributed by atoms with van der Waals surface area (Å²) in [7, 11) is 0. The molecule has 2 N–H and O–H groups in total. The average molecular weight is 450 g/mol. The summed E-state index contributed by atoms with van der Waals surface area (Å²) >= 11 is 6.33. The Morgan fingerprint density at radius 3 is 2.81 bits per heavy atom. The number of carbonyl (C=O) groups is 2. The zero-order chi connectivity index (χ0) is 22.2. The van der Waals surface area contributed by atoms with Crippen LogP contribution in [0.25, 0.3) is 0 Å². The van der Waals surface area contributed by atoms with E-state index in [1.165, 1.54) is 18.2 Å². The molecule has 1 atom stereocenters. The Bertz CT molecular complexity index is 1230. The number of benzene rings is 3. The maximum Gasteiger partial charge on any atom is 0.326 e. The number of para-hydroxylation sites is 1. The van der Waals surface area contributed by atoms with Crippen molar-refractivity contribution in [1.82, 2.24) is 5.32 Å². The number of urea groups is 1. The van der Waals surface area contributed by atoms with E-state index in [4.69, 9.17) is 11.6 Å².